The maximum Gasteiger partial charge on any atom is 0.270 e. The van der Waals surface area contributed by atoms with Crippen LogP contribution in [0.15, 0.2) is 18.2 Å². The van der Waals surface area contributed by atoms with Crippen LogP contribution in [-0.2, 0) is 0 Å². The van der Waals surface area contributed by atoms with E-state index in [9.17, 15) is 14.9 Å². The molecule has 0 saturated heterocycles. The van der Waals surface area contributed by atoms with E-state index in [0.717, 1.165) is 12.8 Å². The molecule has 1 aromatic rings. The predicted octanol–water partition coefficient (Wildman–Crippen LogP) is 3.61. The van der Waals surface area contributed by atoms with E-state index in [1.165, 1.54) is 25.1 Å². The lowest BCUT2D eigenvalue weighted by Crippen LogP contribution is -2.10. The molecule has 104 valence electrons. The summed E-state index contributed by atoms with van der Waals surface area (Å²) in [5.41, 5.74) is 0.164. The van der Waals surface area contributed by atoms with Gasteiger partial charge in [0.15, 0.2) is 5.78 Å². The summed E-state index contributed by atoms with van der Waals surface area (Å²) in [5, 5.41) is 10.7. The molecule has 1 atom stereocenters. The van der Waals surface area contributed by atoms with Crippen molar-refractivity contribution < 1.29 is 14.5 Å². The lowest BCUT2D eigenvalue weighted by Gasteiger charge is -2.14. The SMILES string of the molecule is CCCC(C)COc1ccc([N+](=O)[O-])cc1C(C)=O. The summed E-state index contributed by atoms with van der Waals surface area (Å²) in [6, 6.07) is 4.11. The predicted molar refractivity (Wildman–Crippen MR) is 72.7 cm³/mol. The van der Waals surface area contributed by atoms with Crippen molar-refractivity contribution >= 4 is 11.5 Å². The molecular formula is C14H19NO4. The number of Topliss-reactive ketones (excluding diaryl/α,β-unsaturated/α-hetero) is 1. The van der Waals surface area contributed by atoms with Crippen LogP contribution in [0.2, 0.25) is 0 Å². The molecule has 0 radical (unpaired) electrons. The molecule has 5 heteroatoms. The Morgan fingerprint density at radius 3 is 2.68 bits per heavy atom. The van der Waals surface area contributed by atoms with Gasteiger partial charge in [-0.2, -0.15) is 0 Å². The highest BCUT2D eigenvalue weighted by atomic mass is 16.6. The maximum atomic E-state index is 11.5. The Hall–Kier alpha value is -1.91. The average molecular weight is 265 g/mol. The first kappa shape index (κ1) is 15.1. The fourth-order valence-corrected chi connectivity index (χ4v) is 1.84. The van der Waals surface area contributed by atoms with Crippen LogP contribution in [0.5, 0.6) is 5.75 Å². The van der Waals surface area contributed by atoms with Gasteiger partial charge in [-0.15, -0.1) is 0 Å². The molecule has 0 fully saturated rings. The van der Waals surface area contributed by atoms with E-state index >= 15 is 0 Å². The van der Waals surface area contributed by atoms with Crippen LogP contribution in [0.3, 0.4) is 0 Å². The van der Waals surface area contributed by atoms with Crippen molar-refractivity contribution in [2.45, 2.75) is 33.6 Å². The minimum Gasteiger partial charge on any atom is -0.493 e. The Morgan fingerprint density at radius 1 is 1.47 bits per heavy atom. The molecule has 0 aliphatic heterocycles. The van der Waals surface area contributed by atoms with Crippen molar-refractivity contribution in [3.8, 4) is 5.75 Å². The van der Waals surface area contributed by atoms with Crippen LogP contribution < -0.4 is 4.74 Å². The molecule has 1 rings (SSSR count). The van der Waals surface area contributed by atoms with E-state index in [1.54, 1.807) is 0 Å². The smallest absolute Gasteiger partial charge is 0.270 e. The fourth-order valence-electron chi connectivity index (χ4n) is 1.84. The summed E-state index contributed by atoms with van der Waals surface area (Å²) >= 11 is 0. The average Bonchev–Trinajstić information content (AvgIpc) is 2.36. The summed E-state index contributed by atoms with van der Waals surface area (Å²) in [7, 11) is 0. The normalized spacial score (nSPS) is 11.9. The second-order valence-corrected chi connectivity index (χ2v) is 4.70. The lowest BCUT2D eigenvalue weighted by atomic mass is 10.1. The molecule has 0 aromatic heterocycles. The first-order valence-electron chi connectivity index (χ1n) is 6.37. The maximum absolute atomic E-state index is 11.5. The zero-order valence-electron chi connectivity index (χ0n) is 11.5. The zero-order valence-corrected chi connectivity index (χ0v) is 11.5. The summed E-state index contributed by atoms with van der Waals surface area (Å²) < 4.78 is 5.60. The Labute approximate surface area is 112 Å². The van der Waals surface area contributed by atoms with Crippen LogP contribution in [0.1, 0.15) is 44.0 Å². The summed E-state index contributed by atoms with van der Waals surface area (Å²) in [5.74, 6) is 0.572. The molecule has 0 bridgehead atoms. The number of nitrogens with zero attached hydrogens (tertiary/aromatic N) is 1. The van der Waals surface area contributed by atoms with E-state index in [-0.39, 0.29) is 17.0 Å². The van der Waals surface area contributed by atoms with Gasteiger partial charge in [0.1, 0.15) is 5.75 Å². The van der Waals surface area contributed by atoms with Crippen LogP contribution in [0.4, 0.5) is 5.69 Å². The molecule has 5 nitrogen and oxygen atoms in total. The topological polar surface area (TPSA) is 69.4 Å². The number of non-ortho nitro benzene ring substituents is 1. The van der Waals surface area contributed by atoms with Gasteiger partial charge in [0.2, 0.25) is 0 Å². The van der Waals surface area contributed by atoms with Crippen molar-refractivity contribution in [1.29, 1.82) is 0 Å². The van der Waals surface area contributed by atoms with Gasteiger partial charge >= 0.3 is 0 Å². The Bertz CT molecular complexity index is 471. The highest BCUT2D eigenvalue weighted by Gasteiger charge is 2.15. The van der Waals surface area contributed by atoms with Gasteiger partial charge in [0, 0.05) is 12.1 Å². The van der Waals surface area contributed by atoms with Gasteiger partial charge in [-0.25, -0.2) is 0 Å². The van der Waals surface area contributed by atoms with Crippen LogP contribution >= 0.6 is 0 Å². The molecule has 1 unspecified atom stereocenters. The summed E-state index contributed by atoms with van der Waals surface area (Å²) in [6.07, 6.45) is 2.12. The second-order valence-electron chi connectivity index (χ2n) is 4.70. The van der Waals surface area contributed by atoms with Crippen molar-refractivity contribution in [3.05, 3.63) is 33.9 Å². The molecular weight excluding hydrogens is 246 g/mol. The molecule has 0 heterocycles. The molecule has 0 spiro atoms. The Balaban J connectivity index is 2.88. The lowest BCUT2D eigenvalue weighted by molar-refractivity contribution is -0.384. The summed E-state index contributed by atoms with van der Waals surface area (Å²) in [6.45, 7) is 6.05. The second kappa shape index (κ2) is 6.87. The number of ether oxygens (including phenoxy) is 1. The first-order valence-corrected chi connectivity index (χ1v) is 6.37. The van der Waals surface area contributed by atoms with Crippen LogP contribution in [-0.4, -0.2) is 17.3 Å². The number of carbonyl (C=O) groups excluding carboxylic acids is 1. The van der Waals surface area contributed by atoms with Crippen LogP contribution in [0.25, 0.3) is 0 Å². The summed E-state index contributed by atoms with van der Waals surface area (Å²) in [4.78, 5) is 21.7. The van der Waals surface area contributed by atoms with Gasteiger partial charge in [0.25, 0.3) is 5.69 Å². The number of carbonyl (C=O) groups is 1. The molecule has 0 N–H and O–H groups in total. The minimum atomic E-state index is -0.518. The van der Waals surface area contributed by atoms with E-state index in [4.69, 9.17) is 4.74 Å². The third-order valence-electron chi connectivity index (χ3n) is 2.86. The number of rotatable bonds is 7. The van der Waals surface area contributed by atoms with Gasteiger partial charge in [-0.1, -0.05) is 20.3 Å². The quantitative estimate of drug-likeness (QED) is 0.429. The van der Waals surface area contributed by atoms with E-state index < -0.39 is 4.92 Å². The molecule has 0 amide bonds. The standard InChI is InChI=1S/C14H19NO4/c1-4-5-10(2)9-19-14-7-6-12(15(17)18)8-13(14)11(3)16/h6-8,10H,4-5,9H2,1-3H3. The number of benzene rings is 1. The third kappa shape index (κ3) is 4.35. The molecule has 19 heavy (non-hydrogen) atoms. The van der Waals surface area contributed by atoms with Crippen molar-refractivity contribution in [1.82, 2.24) is 0 Å². The van der Waals surface area contributed by atoms with Gasteiger partial charge < -0.3 is 4.74 Å². The third-order valence-corrected chi connectivity index (χ3v) is 2.86. The van der Waals surface area contributed by atoms with E-state index in [2.05, 4.69) is 13.8 Å². The first-order chi connectivity index (χ1) is 8.95. The van der Waals surface area contributed by atoms with Gasteiger partial charge in [-0.3, -0.25) is 14.9 Å². The molecule has 0 aliphatic carbocycles. The van der Waals surface area contributed by atoms with E-state index in [0.29, 0.717) is 18.3 Å². The zero-order chi connectivity index (χ0) is 14.4. The highest BCUT2D eigenvalue weighted by Crippen LogP contribution is 2.25. The minimum absolute atomic E-state index is 0.0980. The highest BCUT2D eigenvalue weighted by molar-refractivity contribution is 5.97. The number of nitro groups is 1. The van der Waals surface area contributed by atoms with E-state index in [1.807, 2.05) is 0 Å². The monoisotopic (exact) mass is 265 g/mol. The number of hydrogen-bond donors (Lipinski definition) is 0. The van der Waals surface area contributed by atoms with Crippen molar-refractivity contribution in [3.63, 3.8) is 0 Å². The van der Waals surface area contributed by atoms with Crippen molar-refractivity contribution in [2.24, 2.45) is 5.92 Å². The largest absolute Gasteiger partial charge is 0.493 e. The molecule has 0 aliphatic rings. The number of hydrogen-bond acceptors (Lipinski definition) is 4. The molecule has 1 aromatic carbocycles. The number of ketones is 1. The number of nitro benzene ring substituents is 1. The van der Waals surface area contributed by atoms with Crippen molar-refractivity contribution in [2.75, 3.05) is 6.61 Å². The van der Waals surface area contributed by atoms with Gasteiger partial charge in [-0.05, 0) is 25.3 Å². The van der Waals surface area contributed by atoms with Crippen LogP contribution in [0, 0.1) is 16.0 Å². The fraction of sp³-hybridized carbons (Fsp3) is 0.500. The Kier molecular flexibility index (Phi) is 5.48. The van der Waals surface area contributed by atoms with Gasteiger partial charge in [0.05, 0.1) is 17.1 Å². The Morgan fingerprint density at radius 2 is 2.16 bits per heavy atom. The molecule has 0 saturated carbocycles.